The first kappa shape index (κ1) is 13.3. The zero-order valence-corrected chi connectivity index (χ0v) is 11.3. The van der Waals surface area contributed by atoms with E-state index < -0.39 is 0 Å². The minimum atomic E-state index is -0.388. The highest BCUT2D eigenvalue weighted by Crippen LogP contribution is 2.08. The van der Waals surface area contributed by atoms with Crippen molar-refractivity contribution >= 4 is 17.9 Å². The number of hydrogen-bond acceptors (Lipinski definition) is 4. The quantitative estimate of drug-likeness (QED) is 0.787. The van der Waals surface area contributed by atoms with Crippen molar-refractivity contribution in [2.75, 3.05) is 18.9 Å². The Balaban J connectivity index is 1.89. The number of nitrogens with one attached hydrogen (secondary N) is 2. The lowest BCUT2D eigenvalue weighted by Gasteiger charge is -2.11. The summed E-state index contributed by atoms with van der Waals surface area (Å²) in [6.07, 6.45) is 1.08. The molecule has 1 aliphatic rings. The maximum Gasteiger partial charge on any atom is 0.321 e. The molecule has 0 saturated carbocycles. The minimum absolute atomic E-state index is 0.0366. The molecule has 1 atom stereocenters. The van der Waals surface area contributed by atoms with Crippen LogP contribution in [0.15, 0.2) is 0 Å². The van der Waals surface area contributed by atoms with Gasteiger partial charge in [-0.3, -0.25) is 14.8 Å². The van der Waals surface area contributed by atoms with Crippen LogP contribution in [0.3, 0.4) is 0 Å². The summed E-state index contributed by atoms with van der Waals surface area (Å²) in [7, 11) is 3.50. The standard InChI is InChI=1S/C11H18N6O2/c1-4-8-13-10(15-17(8)3)14-11(19)12-7-5-9(18)16(2)6-7/h7H,4-6H2,1-3H3,(H2,12,14,15,19). The fourth-order valence-electron chi connectivity index (χ4n) is 2.06. The average molecular weight is 266 g/mol. The molecule has 1 fully saturated rings. The van der Waals surface area contributed by atoms with Gasteiger partial charge in [-0.25, -0.2) is 4.79 Å². The lowest BCUT2D eigenvalue weighted by atomic mass is 10.3. The van der Waals surface area contributed by atoms with E-state index in [1.807, 2.05) is 6.92 Å². The normalized spacial score (nSPS) is 18.8. The van der Waals surface area contributed by atoms with E-state index in [0.717, 1.165) is 12.2 Å². The van der Waals surface area contributed by atoms with Crippen LogP contribution in [0.1, 0.15) is 19.2 Å². The number of aryl methyl sites for hydroxylation is 2. The van der Waals surface area contributed by atoms with E-state index in [9.17, 15) is 9.59 Å². The molecule has 1 aliphatic heterocycles. The summed E-state index contributed by atoms with van der Waals surface area (Å²) >= 11 is 0. The van der Waals surface area contributed by atoms with Crippen LogP contribution in [0.5, 0.6) is 0 Å². The van der Waals surface area contributed by atoms with Gasteiger partial charge in [-0.1, -0.05) is 6.92 Å². The van der Waals surface area contributed by atoms with Gasteiger partial charge in [-0.15, -0.1) is 5.10 Å². The van der Waals surface area contributed by atoms with Gasteiger partial charge in [0.15, 0.2) is 0 Å². The first-order valence-electron chi connectivity index (χ1n) is 6.21. The Kier molecular flexibility index (Phi) is 3.68. The van der Waals surface area contributed by atoms with Crippen LogP contribution in [0.25, 0.3) is 0 Å². The zero-order valence-electron chi connectivity index (χ0n) is 11.3. The number of rotatable bonds is 3. The van der Waals surface area contributed by atoms with Crippen LogP contribution in [0, 0.1) is 0 Å². The van der Waals surface area contributed by atoms with Crippen molar-refractivity contribution in [1.82, 2.24) is 25.0 Å². The molecule has 8 heteroatoms. The van der Waals surface area contributed by atoms with Crippen LogP contribution < -0.4 is 10.6 Å². The summed E-state index contributed by atoms with van der Waals surface area (Å²) in [5, 5.41) is 9.39. The number of amides is 3. The Morgan fingerprint density at radius 3 is 2.74 bits per heavy atom. The highest BCUT2D eigenvalue weighted by Gasteiger charge is 2.28. The van der Waals surface area contributed by atoms with Gasteiger partial charge >= 0.3 is 6.03 Å². The Bertz CT molecular complexity index is 497. The van der Waals surface area contributed by atoms with Gasteiger partial charge in [0.25, 0.3) is 0 Å². The van der Waals surface area contributed by atoms with Gasteiger partial charge in [0.2, 0.25) is 11.9 Å². The molecule has 1 aromatic heterocycles. The van der Waals surface area contributed by atoms with E-state index in [2.05, 4.69) is 20.7 Å². The second-order valence-electron chi connectivity index (χ2n) is 4.60. The molecule has 2 rings (SSSR count). The summed E-state index contributed by atoms with van der Waals surface area (Å²) in [6.45, 7) is 2.50. The predicted octanol–water partition coefficient (Wildman–Crippen LogP) is -0.270. The summed E-state index contributed by atoms with van der Waals surface area (Å²) in [4.78, 5) is 28.9. The highest BCUT2D eigenvalue weighted by atomic mass is 16.2. The highest BCUT2D eigenvalue weighted by molar-refractivity contribution is 5.88. The third-order valence-electron chi connectivity index (χ3n) is 3.07. The molecule has 8 nitrogen and oxygen atoms in total. The van der Waals surface area contributed by atoms with Gasteiger partial charge < -0.3 is 10.2 Å². The number of likely N-dealkylation sites (tertiary alicyclic amines) is 1. The van der Waals surface area contributed by atoms with Crippen LogP contribution in [-0.2, 0) is 18.3 Å². The Labute approximate surface area is 111 Å². The average Bonchev–Trinajstić information content (AvgIpc) is 2.82. The number of nitrogens with zero attached hydrogens (tertiary/aromatic N) is 4. The molecule has 1 saturated heterocycles. The summed E-state index contributed by atoms with van der Waals surface area (Å²) in [5.74, 6) is 1.11. The van der Waals surface area contributed by atoms with E-state index in [0.29, 0.717) is 13.0 Å². The molecule has 0 aliphatic carbocycles. The number of likely N-dealkylation sites (N-methyl/N-ethyl adjacent to an activating group) is 1. The van der Waals surface area contributed by atoms with Crippen molar-refractivity contribution in [3.63, 3.8) is 0 Å². The first-order valence-corrected chi connectivity index (χ1v) is 6.21. The largest absolute Gasteiger partial charge is 0.344 e. The molecule has 19 heavy (non-hydrogen) atoms. The Morgan fingerprint density at radius 1 is 1.47 bits per heavy atom. The second-order valence-corrected chi connectivity index (χ2v) is 4.60. The Hall–Kier alpha value is -2.12. The van der Waals surface area contributed by atoms with Gasteiger partial charge in [0, 0.05) is 33.5 Å². The van der Waals surface area contributed by atoms with E-state index in [4.69, 9.17) is 0 Å². The smallest absolute Gasteiger partial charge is 0.321 e. The van der Waals surface area contributed by atoms with Crippen molar-refractivity contribution < 1.29 is 9.59 Å². The summed E-state index contributed by atoms with van der Waals surface area (Å²) < 4.78 is 1.63. The maximum atomic E-state index is 11.7. The maximum absolute atomic E-state index is 11.7. The van der Waals surface area contributed by atoms with Crippen molar-refractivity contribution in [2.45, 2.75) is 25.8 Å². The van der Waals surface area contributed by atoms with Crippen LogP contribution in [0.2, 0.25) is 0 Å². The van der Waals surface area contributed by atoms with E-state index in [1.54, 1.807) is 23.7 Å². The van der Waals surface area contributed by atoms with Crippen molar-refractivity contribution in [3.8, 4) is 0 Å². The van der Waals surface area contributed by atoms with Crippen LogP contribution >= 0.6 is 0 Å². The third kappa shape index (κ3) is 3.01. The number of anilines is 1. The number of aromatic nitrogens is 3. The van der Waals surface area contributed by atoms with E-state index in [1.165, 1.54) is 0 Å². The molecule has 3 amide bonds. The monoisotopic (exact) mass is 266 g/mol. The molecular weight excluding hydrogens is 248 g/mol. The lowest BCUT2D eigenvalue weighted by molar-refractivity contribution is -0.126. The van der Waals surface area contributed by atoms with Gasteiger partial charge in [-0.05, 0) is 0 Å². The number of carbonyl (C=O) groups is 2. The van der Waals surface area contributed by atoms with Crippen molar-refractivity contribution in [2.24, 2.45) is 7.05 Å². The summed E-state index contributed by atoms with van der Waals surface area (Å²) in [5.41, 5.74) is 0. The molecule has 1 aromatic rings. The summed E-state index contributed by atoms with van der Waals surface area (Å²) in [6, 6.07) is -0.548. The van der Waals surface area contributed by atoms with Gasteiger partial charge in [0.1, 0.15) is 5.82 Å². The van der Waals surface area contributed by atoms with Crippen molar-refractivity contribution in [1.29, 1.82) is 0 Å². The molecule has 2 heterocycles. The van der Waals surface area contributed by atoms with Gasteiger partial charge in [0.05, 0.1) is 6.04 Å². The topological polar surface area (TPSA) is 92.2 Å². The second kappa shape index (κ2) is 5.25. The SMILES string of the molecule is CCc1nc(NC(=O)NC2CC(=O)N(C)C2)nn1C. The molecule has 1 unspecified atom stereocenters. The van der Waals surface area contributed by atoms with E-state index >= 15 is 0 Å². The molecular formula is C11H18N6O2. The van der Waals surface area contributed by atoms with Gasteiger partial charge in [-0.2, -0.15) is 4.98 Å². The van der Waals surface area contributed by atoms with Crippen LogP contribution in [0.4, 0.5) is 10.7 Å². The van der Waals surface area contributed by atoms with E-state index in [-0.39, 0.29) is 23.9 Å². The fraction of sp³-hybridized carbons (Fsp3) is 0.636. The molecule has 0 radical (unpaired) electrons. The zero-order chi connectivity index (χ0) is 14.0. The predicted molar refractivity (Wildman–Crippen MR) is 68.6 cm³/mol. The number of urea groups is 1. The lowest BCUT2D eigenvalue weighted by Crippen LogP contribution is -2.39. The molecule has 104 valence electrons. The van der Waals surface area contributed by atoms with Crippen molar-refractivity contribution in [3.05, 3.63) is 5.82 Å². The molecule has 2 N–H and O–H groups in total. The Morgan fingerprint density at radius 2 is 2.21 bits per heavy atom. The molecule has 0 spiro atoms. The minimum Gasteiger partial charge on any atom is -0.344 e. The number of carbonyl (C=O) groups excluding carboxylic acids is 2. The van der Waals surface area contributed by atoms with Crippen LogP contribution in [-0.4, -0.2) is 51.2 Å². The number of hydrogen-bond donors (Lipinski definition) is 2. The molecule has 0 aromatic carbocycles. The fourth-order valence-corrected chi connectivity index (χ4v) is 2.06. The third-order valence-corrected chi connectivity index (χ3v) is 3.07. The first-order chi connectivity index (χ1) is 8.99. The molecule has 0 bridgehead atoms.